The van der Waals surface area contributed by atoms with Crippen LogP contribution in [0.2, 0.25) is 0 Å². The van der Waals surface area contributed by atoms with Crippen LogP contribution in [0.5, 0.6) is 0 Å². The second-order valence-electron chi connectivity index (χ2n) is 4.78. The van der Waals surface area contributed by atoms with Gasteiger partial charge in [-0.1, -0.05) is 6.92 Å². The topological polar surface area (TPSA) is 58.2 Å². The molecule has 1 unspecified atom stereocenters. The molecule has 0 aliphatic heterocycles. The Kier molecular flexibility index (Phi) is 5.56. The quantitative estimate of drug-likeness (QED) is 0.810. The van der Waals surface area contributed by atoms with E-state index < -0.39 is 10.0 Å². The molecule has 4 nitrogen and oxygen atoms in total. The normalized spacial score (nSPS) is 13.5. The highest BCUT2D eigenvalue weighted by molar-refractivity contribution is 7.89. The van der Waals surface area contributed by atoms with E-state index in [-0.39, 0.29) is 6.04 Å². The summed E-state index contributed by atoms with van der Waals surface area (Å²) < 4.78 is 27.8. The summed E-state index contributed by atoms with van der Waals surface area (Å²) in [6.45, 7) is 7.29. The van der Waals surface area contributed by atoms with Crippen LogP contribution in [-0.2, 0) is 16.6 Å². The molecule has 0 aliphatic carbocycles. The molecule has 2 N–H and O–H groups in total. The Morgan fingerprint density at radius 2 is 2.05 bits per heavy atom. The summed E-state index contributed by atoms with van der Waals surface area (Å²) in [7, 11) is -3.49. The first-order valence-electron chi connectivity index (χ1n) is 6.79. The third kappa shape index (κ3) is 4.14. The van der Waals surface area contributed by atoms with Gasteiger partial charge in [-0.15, -0.1) is 22.7 Å². The predicted octanol–water partition coefficient (Wildman–Crippen LogP) is 3.27. The molecule has 0 saturated carbocycles. The van der Waals surface area contributed by atoms with Crippen LogP contribution in [0.15, 0.2) is 28.5 Å². The van der Waals surface area contributed by atoms with Crippen molar-refractivity contribution in [2.75, 3.05) is 6.54 Å². The van der Waals surface area contributed by atoms with E-state index >= 15 is 0 Å². The highest BCUT2D eigenvalue weighted by Gasteiger charge is 2.22. The highest BCUT2D eigenvalue weighted by atomic mass is 32.2. The minimum absolute atomic E-state index is 0.222. The summed E-state index contributed by atoms with van der Waals surface area (Å²) in [6.07, 6.45) is 0. The van der Waals surface area contributed by atoms with Gasteiger partial charge in [-0.25, -0.2) is 13.1 Å². The van der Waals surface area contributed by atoms with Gasteiger partial charge in [-0.05, 0) is 44.0 Å². The molecule has 0 aromatic carbocycles. The number of rotatable bonds is 7. The van der Waals surface area contributed by atoms with Gasteiger partial charge in [0.05, 0.1) is 10.9 Å². The van der Waals surface area contributed by atoms with Crippen molar-refractivity contribution in [1.29, 1.82) is 0 Å². The second kappa shape index (κ2) is 7.02. The molecule has 7 heteroatoms. The molecule has 0 saturated heterocycles. The Hall–Kier alpha value is -0.730. The zero-order chi connectivity index (χ0) is 15.5. The van der Waals surface area contributed by atoms with Crippen molar-refractivity contribution in [2.45, 2.75) is 38.3 Å². The molecule has 116 valence electrons. The lowest BCUT2D eigenvalue weighted by molar-refractivity contribution is 0.567. The number of nitrogens with one attached hydrogen (secondary N) is 2. The van der Waals surface area contributed by atoms with Crippen LogP contribution in [0.4, 0.5) is 0 Å². The summed E-state index contributed by atoms with van der Waals surface area (Å²) in [4.78, 5) is 3.44. The van der Waals surface area contributed by atoms with Crippen molar-refractivity contribution >= 4 is 32.7 Å². The van der Waals surface area contributed by atoms with Crippen molar-refractivity contribution in [1.82, 2.24) is 10.0 Å². The molecule has 2 rings (SSSR count). The molecule has 0 aliphatic rings. The van der Waals surface area contributed by atoms with Gasteiger partial charge < -0.3 is 5.32 Å². The molecular formula is C14H20N2O2S3. The largest absolute Gasteiger partial charge is 0.312 e. The average molecular weight is 345 g/mol. The second-order valence-corrected chi connectivity index (χ2v) is 8.78. The molecule has 0 amide bonds. The first-order valence-corrected chi connectivity index (χ1v) is 9.97. The van der Waals surface area contributed by atoms with Gasteiger partial charge in [0.25, 0.3) is 0 Å². The molecule has 2 heterocycles. The van der Waals surface area contributed by atoms with Crippen molar-refractivity contribution < 1.29 is 8.42 Å². The number of sulfonamides is 1. The molecule has 21 heavy (non-hydrogen) atoms. The minimum atomic E-state index is -3.49. The highest BCUT2D eigenvalue weighted by Crippen LogP contribution is 2.26. The lowest BCUT2D eigenvalue weighted by atomic mass is 10.3. The Morgan fingerprint density at radius 3 is 2.67 bits per heavy atom. The molecule has 0 radical (unpaired) electrons. The Labute approximate surface area is 134 Å². The first kappa shape index (κ1) is 16.6. The molecule has 0 fully saturated rings. The molecule has 0 spiro atoms. The monoisotopic (exact) mass is 344 g/mol. The molecule has 0 bridgehead atoms. The summed E-state index contributed by atoms with van der Waals surface area (Å²) >= 11 is 3.08. The van der Waals surface area contributed by atoms with Crippen molar-refractivity contribution in [3.05, 3.63) is 38.2 Å². The predicted molar refractivity (Wildman–Crippen MR) is 89.5 cm³/mol. The standard InChI is InChI=1S/C14H20N2O2S3/c1-4-15-9-13-14(7-8-19-13)21(17,18)16-11(3)12-6-5-10(2)20-12/h5-8,11,15-16H,4,9H2,1-3H3. The van der Waals surface area contributed by atoms with Crippen molar-refractivity contribution in [3.8, 4) is 0 Å². The van der Waals surface area contributed by atoms with Crippen LogP contribution in [0, 0.1) is 6.92 Å². The third-order valence-electron chi connectivity index (χ3n) is 3.05. The maximum absolute atomic E-state index is 12.5. The van der Waals surface area contributed by atoms with E-state index in [1.807, 2.05) is 38.3 Å². The number of thiophene rings is 2. The summed E-state index contributed by atoms with van der Waals surface area (Å²) in [5, 5.41) is 4.99. The lowest BCUT2D eigenvalue weighted by Gasteiger charge is -2.13. The summed E-state index contributed by atoms with van der Waals surface area (Å²) in [5.41, 5.74) is 0. The molecule has 2 aromatic rings. The first-order chi connectivity index (χ1) is 9.94. The summed E-state index contributed by atoms with van der Waals surface area (Å²) in [6, 6.07) is 5.43. The molecular weight excluding hydrogens is 324 g/mol. The maximum Gasteiger partial charge on any atom is 0.242 e. The van der Waals surface area contributed by atoms with Gasteiger partial charge in [0.1, 0.15) is 0 Å². The molecule has 1 atom stereocenters. The SMILES string of the molecule is CCNCc1sccc1S(=O)(=O)NC(C)c1ccc(C)s1. The fourth-order valence-corrected chi connectivity index (χ4v) is 5.57. The van der Waals surface area contributed by atoms with Crippen molar-refractivity contribution in [2.24, 2.45) is 0 Å². The summed E-state index contributed by atoms with van der Waals surface area (Å²) in [5.74, 6) is 0. The van der Waals surface area contributed by atoms with Crippen LogP contribution in [-0.4, -0.2) is 15.0 Å². The van der Waals surface area contributed by atoms with E-state index in [9.17, 15) is 8.42 Å². The van der Waals surface area contributed by atoms with Crippen LogP contribution in [0.25, 0.3) is 0 Å². The number of aryl methyl sites for hydroxylation is 1. The third-order valence-corrected chi connectivity index (χ3v) is 6.91. The Balaban J connectivity index is 2.16. The van der Waals surface area contributed by atoms with Crippen LogP contribution >= 0.6 is 22.7 Å². The van der Waals surface area contributed by atoms with Gasteiger partial charge in [0.15, 0.2) is 0 Å². The number of hydrogen-bond acceptors (Lipinski definition) is 5. The smallest absolute Gasteiger partial charge is 0.242 e. The van der Waals surface area contributed by atoms with E-state index in [2.05, 4.69) is 10.0 Å². The van der Waals surface area contributed by atoms with Gasteiger partial charge in [-0.2, -0.15) is 0 Å². The Bertz CT molecular complexity index is 689. The van der Waals surface area contributed by atoms with E-state index in [0.717, 1.165) is 16.3 Å². The van der Waals surface area contributed by atoms with Crippen LogP contribution in [0.3, 0.4) is 0 Å². The zero-order valence-electron chi connectivity index (χ0n) is 12.3. The molecule has 2 aromatic heterocycles. The zero-order valence-corrected chi connectivity index (χ0v) is 14.8. The minimum Gasteiger partial charge on any atom is -0.312 e. The fraction of sp³-hybridized carbons (Fsp3) is 0.429. The van der Waals surface area contributed by atoms with Gasteiger partial charge in [0.2, 0.25) is 10.0 Å². The van der Waals surface area contributed by atoms with Crippen LogP contribution < -0.4 is 10.0 Å². The van der Waals surface area contributed by atoms with Gasteiger partial charge >= 0.3 is 0 Å². The fourth-order valence-electron chi connectivity index (χ4n) is 1.98. The number of hydrogen-bond donors (Lipinski definition) is 2. The van der Waals surface area contributed by atoms with Gasteiger partial charge in [0, 0.05) is 21.2 Å². The van der Waals surface area contributed by atoms with Crippen molar-refractivity contribution in [3.63, 3.8) is 0 Å². The van der Waals surface area contributed by atoms with E-state index in [1.54, 1.807) is 17.4 Å². The van der Waals surface area contributed by atoms with Gasteiger partial charge in [-0.3, -0.25) is 0 Å². The van der Waals surface area contributed by atoms with Crippen LogP contribution in [0.1, 0.15) is 34.5 Å². The van der Waals surface area contributed by atoms with E-state index in [0.29, 0.717) is 11.4 Å². The maximum atomic E-state index is 12.5. The average Bonchev–Trinajstić information content (AvgIpc) is 3.04. The Morgan fingerprint density at radius 1 is 1.29 bits per heavy atom. The van der Waals surface area contributed by atoms with E-state index in [4.69, 9.17) is 0 Å². The van der Waals surface area contributed by atoms with E-state index in [1.165, 1.54) is 16.2 Å². The lowest BCUT2D eigenvalue weighted by Crippen LogP contribution is -2.27.